The van der Waals surface area contributed by atoms with Crippen molar-refractivity contribution in [2.45, 2.75) is 20.0 Å². The minimum absolute atomic E-state index is 0.0275. The highest BCUT2D eigenvalue weighted by molar-refractivity contribution is 6.32. The van der Waals surface area contributed by atoms with Crippen molar-refractivity contribution in [1.29, 1.82) is 0 Å². The van der Waals surface area contributed by atoms with Crippen molar-refractivity contribution in [3.05, 3.63) is 39.1 Å². The zero-order chi connectivity index (χ0) is 13.8. The van der Waals surface area contributed by atoms with Crippen LogP contribution >= 0.6 is 11.6 Å². The van der Waals surface area contributed by atoms with Gasteiger partial charge in [-0.25, -0.2) is 4.68 Å². The van der Waals surface area contributed by atoms with Gasteiger partial charge in [0.1, 0.15) is 5.02 Å². The van der Waals surface area contributed by atoms with Crippen LogP contribution in [0.25, 0.3) is 0 Å². The third-order valence-electron chi connectivity index (χ3n) is 2.43. The van der Waals surface area contributed by atoms with Gasteiger partial charge >= 0.3 is 0 Å². The van der Waals surface area contributed by atoms with Gasteiger partial charge in [-0.15, -0.1) is 0 Å². The fourth-order valence-corrected chi connectivity index (χ4v) is 1.74. The molecular formula is C11H13ClN4O3. The summed E-state index contributed by atoms with van der Waals surface area (Å²) < 4.78 is 6.13. The minimum atomic E-state index is -0.450. The van der Waals surface area contributed by atoms with E-state index in [-0.39, 0.29) is 18.2 Å². The zero-order valence-electron chi connectivity index (χ0n) is 10.3. The van der Waals surface area contributed by atoms with Gasteiger partial charge in [-0.3, -0.25) is 4.79 Å². The number of aliphatic hydroxyl groups excluding tert-OH is 1. The molecule has 19 heavy (non-hydrogen) atoms. The molecule has 0 saturated carbocycles. The first-order chi connectivity index (χ1) is 9.11. The molecule has 0 aromatic carbocycles. The van der Waals surface area contributed by atoms with E-state index in [1.54, 1.807) is 6.07 Å². The Morgan fingerprint density at radius 2 is 2.37 bits per heavy atom. The van der Waals surface area contributed by atoms with Crippen LogP contribution in [0.1, 0.15) is 11.5 Å². The lowest BCUT2D eigenvalue weighted by Gasteiger charge is -2.08. The Morgan fingerprint density at radius 3 is 3.00 bits per heavy atom. The largest absolute Gasteiger partial charge is 0.394 e. The van der Waals surface area contributed by atoms with Crippen molar-refractivity contribution < 1.29 is 9.63 Å². The highest BCUT2D eigenvalue weighted by Crippen LogP contribution is 2.16. The predicted molar refractivity (Wildman–Crippen MR) is 69.2 cm³/mol. The summed E-state index contributed by atoms with van der Waals surface area (Å²) in [5.74, 6) is 0.633. The van der Waals surface area contributed by atoms with Gasteiger partial charge in [0.25, 0.3) is 5.56 Å². The number of anilines is 1. The molecule has 0 unspecified atom stereocenters. The number of aliphatic hydroxyl groups is 1. The molecule has 0 fully saturated rings. The molecule has 0 saturated heterocycles. The number of hydrogen-bond donors (Lipinski definition) is 2. The smallest absolute Gasteiger partial charge is 0.287 e. The molecule has 2 heterocycles. The average molecular weight is 285 g/mol. The van der Waals surface area contributed by atoms with Crippen LogP contribution in [0.4, 0.5) is 5.69 Å². The first kappa shape index (κ1) is 13.6. The highest BCUT2D eigenvalue weighted by atomic mass is 35.5. The van der Waals surface area contributed by atoms with Gasteiger partial charge < -0.3 is 14.9 Å². The van der Waals surface area contributed by atoms with Crippen molar-refractivity contribution in [3.8, 4) is 0 Å². The van der Waals surface area contributed by atoms with E-state index < -0.39 is 5.56 Å². The Labute approximate surface area is 113 Å². The monoisotopic (exact) mass is 284 g/mol. The number of hydrogen-bond acceptors (Lipinski definition) is 6. The number of aromatic nitrogens is 3. The lowest BCUT2D eigenvalue weighted by molar-refractivity contribution is 0.266. The van der Waals surface area contributed by atoms with Crippen LogP contribution in [0.3, 0.4) is 0 Å². The summed E-state index contributed by atoms with van der Waals surface area (Å²) in [5.41, 5.74) is 0.740. The van der Waals surface area contributed by atoms with Gasteiger partial charge in [0, 0.05) is 6.07 Å². The molecule has 0 radical (unpaired) electrons. The van der Waals surface area contributed by atoms with Gasteiger partial charge in [0.15, 0.2) is 5.76 Å². The molecule has 2 aromatic rings. The Hall–Kier alpha value is -1.86. The third-order valence-corrected chi connectivity index (χ3v) is 2.79. The molecule has 2 aromatic heterocycles. The summed E-state index contributed by atoms with van der Waals surface area (Å²) in [6.45, 7) is 2.11. The van der Waals surface area contributed by atoms with Crippen LogP contribution < -0.4 is 10.9 Å². The molecular weight excluding hydrogens is 272 g/mol. The van der Waals surface area contributed by atoms with Crippen molar-refractivity contribution in [2.75, 3.05) is 11.9 Å². The summed E-state index contributed by atoms with van der Waals surface area (Å²) >= 11 is 5.94. The Morgan fingerprint density at radius 1 is 1.58 bits per heavy atom. The quantitative estimate of drug-likeness (QED) is 0.843. The summed E-state index contributed by atoms with van der Waals surface area (Å²) in [6.07, 6.45) is 1.43. The van der Waals surface area contributed by atoms with E-state index in [9.17, 15) is 4.79 Å². The molecule has 2 N–H and O–H groups in total. The normalized spacial score (nSPS) is 10.7. The first-order valence-electron chi connectivity index (χ1n) is 5.64. The van der Waals surface area contributed by atoms with Crippen LogP contribution in [0.15, 0.2) is 21.6 Å². The molecule has 0 bridgehead atoms. The van der Waals surface area contributed by atoms with Crippen LogP contribution in [-0.4, -0.2) is 26.7 Å². The fourth-order valence-electron chi connectivity index (χ4n) is 1.52. The van der Waals surface area contributed by atoms with Gasteiger partial charge in [0.2, 0.25) is 0 Å². The molecule has 102 valence electrons. The fraction of sp³-hybridized carbons (Fsp3) is 0.364. The SMILES string of the molecule is Cc1cc(CNc2cnn(CCO)c(=O)c2Cl)on1. The van der Waals surface area contributed by atoms with E-state index in [1.807, 2.05) is 6.92 Å². The van der Waals surface area contributed by atoms with Gasteiger partial charge in [-0.2, -0.15) is 5.10 Å². The van der Waals surface area contributed by atoms with E-state index in [0.717, 1.165) is 10.4 Å². The summed E-state index contributed by atoms with van der Waals surface area (Å²) in [6, 6.07) is 1.78. The molecule has 0 aliphatic rings. The number of rotatable bonds is 5. The molecule has 0 aliphatic carbocycles. The topological polar surface area (TPSA) is 93.2 Å². The molecule has 7 nitrogen and oxygen atoms in total. The number of aryl methyl sites for hydroxylation is 1. The summed E-state index contributed by atoms with van der Waals surface area (Å²) in [7, 11) is 0. The van der Waals surface area contributed by atoms with Crippen molar-refractivity contribution in [3.63, 3.8) is 0 Å². The standard InChI is InChI=1S/C11H13ClN4O3/c1-7-4-8(19-15-7)5-13-9-6-14-16(2-3-17)11(18)10(9)12/h4,6,13,17H,2-3,5H2,1H3. The molecule has 0 amide bonds. The lowest BCUT2D eigenvalue weighted by Crippen LogP contribution is -2.25. The zero-order valence-corrected chi connectivity index (χ0v) is 11.0. The molecule has 0 aliphatic heterocycles. The van der Waals surface area contributed by atoms with Crippen LogP contribution in [-0.2, 0) is 13.1 Å². The molecule has 0 spiro atoms. The summed E-state index contributed by atoms with van der Waals surface area (Å²) in [5, 5.41) is 19.4. The Balaban J connectivity index is 2.13. The number of nitrogens with one attached hydrogen (secondary N) is 1. The predicted octanol–water partition coefficient (Wildman–Crippen LogP) is 0.798. The lowest BCUT2D eigenvalue weighted by atomic mass is 10.3. The Bertz CT molecular complexity index is 623. The highest BCUT2D eigenvalue weighted by Gasteiger charge is 2.09. The molecule has 0 atom stereocenters. The van der Waals surface area contributed by atoms with E-state index in [0.29, 0.717) is 18.0 Å². The second kappa shape index (κ2) is 5.85. The molecule has 2 rings (SSSR count). The van der Waals surface area contributed by atoms with Gasteiger partial charge in [-0.1, -0.05) is 16.8 Å². The maximum Gasteiger partial charge on any atom is 0.287 e. The average Bonchev–Trinajstić information content (AvgIpc) is 2.80. The van der Waals surface area contributed by atoms with Crippen LogP contribution in [0.2, 0.25) is 5.02 Å². The van der Waals surface area contributed by atoms with Crippen LogP contribution in [0.5, 0.6) is 0 Å². The van der Waals surface area contributed by atoms with E-state index >= 15 is 0 Å². The minimum Gasteiger partial charge on any atom is -0.394 e. The van der Waals surface area contributed by atoms with Crippen molar-refractivity contribution in [1.82, 2.24) is 14.9 Å². The summed E-state index contributed by atoms with van der Waals surface area (Å²) in [4.78, 5) is 11.8. The van der Waals surface area contributed by atoms with Crippen molar-refractivity contribution >= 4 is 17.3 Å². The Kier molecular flexibility index (Phi) is 4.18. The first-order valence-corrected chi connectivity index (χ1v) is 6.02. The van der Waals surface area contributed by atoms with Crippen LogP contribution in [0, 0.1) is 6.92 Å². The maximum absolute atomic E-state index is 11.8. The number of halogens is 1. The third kappa shape index (κ3) is 3.12. The second-order valence-electron chi connectivity index (χ2n) is 3.91. The second-order valence-corrected chi connectivity index (χ2v) is 4.29. The maximum atomic E-state index is 11.8. The number of nitrogens with zero attached hydrogens (tertiary/aromatic N) is 3. The van der Waals surface area contributed by atoms with E-state index in [1.165, 1.54) is 6.20 Å². The van der Waals surface area contributed by atoms with Crippen molar-refractivity contribution in [2.24, 2.45) is 0 Å². The van der Waals surface area contributed by atoms with E-state index in [4.69, 9.17) is 21.2 Å². The van der Waals surface area contributed by atoms with E-state index in [2.05, 4.69) is 15.6 Å². The van der Waals surface area contributed by atoms with Gasteiger partial charge in [0.05, 0.1) is 37.3 Å². The van der Waals surface area contributed by atoms with Gasteiger partial charge in [-0.05, 0) is 6.92 Å². The molecule has 8 heteroatoms.